The lowest BCUT2D eigenvalue weighted by Gasteiger charge is -2.18. The number of nitrogens with zero attached hydrogens (tertiary/aromatic N) is 1. The van der Waals surface area contributed by atoms with Crippen LogP contribution in [0.15, 0.2) is 54.9 Å². The lowest BCUT2D eigenvalue weighted by atomic mass is 10.0. The van der Waals surface area contributed by atoms with E-state index in [0.717, 1.165) is 16.9 Å². The van der Waals surface area contributed by atoms with Gasteiger partial charge in [-0.3, -0.25) is 9.59 Å². The number of hydrogen-bond acceptors (Lipinski definition) is 3. The molecule has 1 aromatic heterocycles. The van der Waals surface area contributed by atoms with E-state index in [2.05, 4.69) is 10.6 Å². The van der Waals surface area contributed by atoms with E-state index in [1.54, 1.807) is 24.3 Å². The van der Waals surface area contributed by atoms with Gasteiger partial charge in [0.25, 0.3) is 5.91 Å². The Morgan fingerprint density at radius 1 is 1.18 bits per heavy atom. The maximum atomic E-state index is 12.8. The van der Waals surface area contributed by atoms with E-state index < -0.39 is 0 Å². The van der Waals surface area contributed by atoms with Crippen molar-refractivity contribution in [2.45, 2.75) is 12.8 Å². The quantitative estimate of drug-likeness (QED) is 0.692. The predicted molar refractivity (Wildman–Crippen MR) is 109 cm³/mol. The van der Waals surface area contributed by atoms with Crippen LogP contribution in [0.3, 0.4) is 0 Å². The molecule has 0 saturated heterocycles. The molecule has 0 aliphatic carbocycles. The van der Waals surface area contributed by atoms with Gasteiger partial charge >= 0.3 is 0 Å². The number of aromatic nitrogens is 1. The normalized spacial score (nSPS) is 12.9. The van der Waals surface area contributed by atoms with Crippen LogP contribution < -0.4 is 15.4 Å². The first-order chi connectivity index (χ1) is 13.5. The summed E-state index contributed by atoms with van der Waals surface area (Å²) in [6.45, 7) is 0. The van der Waals surface area contributed by atoms with E-state index in [4.69, 9.17) is 16.3 Å². The number of hydrogen-bond donors (Lipinski definition) is 2. The molecule has 1 aliphatic heterocycles. The Kier molecular flexibility index (Phi) is 4.79. The summed E-state index contributed by atoms with van der Waals surface area (Å²) in [5.41, 5.74) is 3.49. The molecule has 2 N–H and O–H groups in total. The fourth-order valence-corrected chi connectivity index (χ4v) is 3.50. The maximum Gasteiger partial charge on any atom is 0.259 e. The van der Waals surface area contributed by atoms with Gasteiger partial charge < -0.3 is 19.9 Å². The predicted octanol–water partition coefficient (Wildman–Crippen LogP) is 4.28. The minimum Gasteiger partial charge on any atom is -0.496 e. The highest BCUT2D eigenvalue weighted by atomic mass is 35.5. The van der Waals surface area contributed by atoms with Crippen molar-refractivity contribution < 1.29 is 14.3 Å². The summed E-state index contributed by atoms with van der Waals surface area (Å²) in [6.07, 6.45) is 4.82. The number of amides is 2. The van der Waals surface area contributed by atoms with Gasteiger partial charge in [0, 0.05) is 36.3 Å². The van der Waals surface area contributed by atoms with Crippen LogP contribution in [0.25, 0.3) is 5.69 Å². The van der Waals surface area contributed by atoms with Crippen LogP contribution in [-0.2, 0) is 11.2 Å². The Bertz CT molecular complexity index is 1060. The van der Waals surface area contributed by atoms with Crippen molar-refractivity contribution in [2.75, 3.05) is 17.7 Å². The number of anilines is 2. The van der Waals surface area contributed by atoms with Gasteiger partial charge in [-0.25, -0.2) is 0 Å². The monoisotopic (exact) mass is 395 g/mol. The van der Waals surface area contributed by atoms with E-state index >= 15 is 0 Å². The molecule has 0 spiro atoms. The average molecular weight is 396 g/mol. The van der Waals surface area contributed by atoms with Gasteiger partial charge in [0.15, 0.2) is 0 Å². The number of nitrogens with one attached hydrogen (secondary N) is 2. The number of carbonyl (C=O) groups is 2. The molecule has 28 heavy (non-hydrogen) atoms. The molecule has 2 aromatic carbocycles. The van der Waals surface area contributed by atoms with Crippen LogP contribution in [0.2, 0.25) is 5.02 Å². The van der Waals surface area contributed by atoms with Crippen LogP contribution in [-0.4, -0.2) is 23.5 Å². The van der Waals surface area contributed by atoms with Crippen molar-refractivity contribution in [3.05, 3.63) is 71.0 Å². The molecule has 0 saturated carbocycles. The molecule has 3 aromatic rings. The van der Waals surface area contributed by atoms with Gasteiger partial charge in [-0.05, 0) is 48.4 Å². The summed E-state index contributed by atoms with van der Waals surface area (Å²) in [7, 11) is 1.51. The third-order valence-electron chi connectivity index (χ3n) is 4.65. The molecule has 142 valence electrons. The first kappa shape index (κ1) is 18.1. The summed E-state index contributed by atoms with van der Waals surface area (Å²) in [5.74, 6) is 0.111. The Balaban J connectivity index is 1.61. The van der Waals surface area contributed by atoms with Gasteiger partial charge in [0.2, 0.25) is 5.91 Å². The van der Waals surface area contributed by atoms with Gasteiger partial charge in [0.1, 0.15) is 5.75 Å². The largest absolute Gasteiger partial charge is 0.496 e. The van der Waals surface area contributed by atoms with Gasteiger partial charge in [0.05, 0.1) is 23.4 Å². The van der Waals surface area contributed by atoms with Crippen LogP contribution in [0.4, 0.5) is 11.4 Å². The molecule has 2 amide bonds. The van der Waals surface area contributed by atoms with Crippen molar-refractivity contribution in [2.24, 2.45) is 0 Å². The summed E-state index contributed by atoms with van der Waals surface area (Å²) in [4.78, 5) is 24.3. The summed E-state index contributed by atoms with van der Waals surface area (Å²) < 4.78 is 7.27. The Labute approximate surface area is 167 Å². The topological polar surface area (TPSA) is 72.4 Å². The molecule has 7 heteroatoms. The SMILES string of the molecule is COc1cc(-n2cccc2)c(Cl)cc1C(=O)Nc1ccc2c(c1)CCC(=O)N2. The van der Waals surface area contributed by atoms with Crippen LogP contribution in [0.1, 0.15) is 22.3 Å². The fraction of sp³-hybridized carbons (Fsp3) is 0.143. The van der Waals surface area contributed by atoms with E-state index in [-0.39, 0.29) is 11.8 Å². The van der Waals surface area contributed by atoms with Crippen LogP contribution >= 0.6 is 11.6 Å². The zero-order chi connectivity index (χ0) is 19.7. The van der Waals surface area contributed by atoms with Crippen LogP contribution in [0, 0.1) is 0 Å². The second-order valence-electron chi connectivity index (χ2n) is 6.47. The van der Waals surface area contributed by atoms with Crippen molar-refractivity contribution in [1.82, 2.24) is 4.57 Å². The molecule has 0 atom stereocenters. The van der Waals surface area contributed by atoms with E-state index in [0.29, 0.717) is 34.9 Å². The highest BCUT2D eigenvalue weighted by Gasteiger charge is 2.19. The lowest BCUT2D eigenvalue weighted by molar-refractivity contribution is -0.116. The summed E-state index contributed by atoms with van der Waals surface area (Å²) >= 11 is 6.41. The second kappa shape index (κ2) is 7.40. The lowest BCUT2D eigenvalue weighted by Crippen LogP contribution is -2.19. The Morgan fingerprint density at radius 2 is 1.96 bits per heavy atom. The van der Waals surface area contributed by atoms with Gasteiger partial charge in [-0.1, -0.05) is 11.6 Å². The highest BCUT2D eigenvalue weighted by molar-refractivity contribution is 6.33. The number of fused-ring (bicyclic) bond motifs is 1. The summed E-state index contributed by atoms with van der Waals surface area (Å²) in [6, 6.07) is 12.5. The maximum absolute atomic E-state index is 12.8. The van der Waals surface area contributed by atoms with Crippen molar-refractivity contribution >= 4 is 34.8 Å². The third-order valence-corrected chi connectivity index (χ3v) is 4.96. The molecule has 0 fully saturated rings. The molecule has 4 rings (SSSR count). The second-order valence-corrected chi connectivity index (χ2v) is 6.88. The fourth-order valence-electron chi connectivity index (χ4n) is 3.24. The minimum absolute atomic E-state index is 0.00597. The number of aryl methyl sites for hydroxylation is 1. The van der Waals surface area contributed by atoms with E-state index in [1.807, 2.05) is 35.2 Å². The minimum atomic E-state index is -0.322. The number of halogens is 1. The molecule has 1 aliphatic rings. The zero-order valence-corrected chi connectivity index (χ0v) is 15.9. The molecule has 0 unspecified atom stereocenters. The number of carbonyl (C=O) groups excluding carboxylic acids is 2. The molecular formula is C21H18ClN3O3. The van der Waals surface area contributed by atoms with E-state index in [1.165, 1.54) is 7.11 Å². The molecular weight excluding hydrogens is 378 g/mol. The van der Waals surface area contributed by atoms with Crippen molar-refractivity contribution in [1.29, 1.82) is 0 Å². The Hall–Kier alpha value is -3.25. The molecule has 6 nitrogen and oxygen atoms in total. The number of methoxy groups -OCH3 is 1. The molecule has 0 bridgehead atoms. The molecule has 0 radical (unpaired) electrons. The third kappa shape index (κ3) is 3.46. The van der Waals surface area contributed by atoms with Gasteiger partial charge in [-0.2, -0.15) is 0 Å². The first-order valence-electron chi connectivity index (χ1n) is 8.80. The standard InChI is InChI=1S/C21H18ClN3O3/c1-28-19-12-18(25-8-2-3-9-25)16(22)11-15(19)21(27)23-14-5-6-17-13(10-14)4-7-20(26)24-17/h2-3,5-6,8-12H,4,7H2,1H3,(H,23,27)(H,24,26). The Morgan fingerprint density at radius 3 is 2.71 bits per heavy atom. The van der Waals surface area contributed by atoms with Crippen LogP contribution in [0.5, 0.6) is 5.75 Å². The molecule has 2 heterocycles. The van der Waals surface area contributed by atoms with Crippen molar-refractivity contribution in [3.8, 4) is 11.4 Å². The average Bonchev–Trinajstić information content (AvgIpc) is 3.22. The number of rotatable bonds is 4. The number of benzene rings is 2. The zero-order valence-electron chi connectivity index (χ0n) is 15.2. The smallest absolute Gasteiger partial charge is 0.259 e. The first-order valence-corrected chi connectivity index (χ1v) is 9.18. The highest BCUT2D eigenvalue weighted by Crippen LogP contribution is 2.31. The van der Waals surface area contributed by atoms with Crippen molar-refractivity contribution in [3.63, 3.8) is 0 Å². The van der Waals surface area contributed by atoms with E-state index in [9.17, 15) is 9.59 Å². The van der Waals surface area contributed by atoms with Gasteiger partial charge in [-0.15, -0.1) is 0 Å². The number of ether oxygens (including phenoxy) is 1. The summed E-state index contributed by atoms with van der Waals surface area (Å²) in [5, 5.41) is 6.14.